The van der Waals surface area contributed by atoms with Gasteiger partial charge in [0.1, 0.15) is 12.5 Å². The maximum absolute atomic E-state index is 14.3. The number of carboxylic acids is 1. The number of methoxy groups -OCH3 is 1. The topological polar surface area (TPSA) is 114 Å². The molecule has 0 aromatic heterocycles. The lowest BCUT2D eigenvalue weighted by Gasteiger charge is -2.25. The van der Waals surface area contributed by atoms with Gasteiger partial charge in [0.15, 0.2) is 5.54 Å². The summed E-state index contributed by atoms with van der Waals surface area (Å²) in [7, 11) is 1.24. The molecule has 8 nitrogen and oxygen atoms in total. The highest BCUT2D eigenvalue weighted by Crippen LogP contribution is 2.55. The molecule has 0 spiro atoms. The number of alkyl halides is 2. The van der Waals surface area contributed by atoms with Crippen molar-refractivity contribution < 1.29 is 37.7 Å². The van der Waals surface area contributed by atoms with Crippen LogP contribution in [0.25, 0.3) is 11.1 Å². The van der Waals surface area contributed by atoms with Gasteiger partial charge in [-0.3, -0.25) is 4.79 Å². The Morgan fingerprint density at radius 3 is 2.17 bits per heavy atom. The second-order valence-corrected chi connectivity index (χ2v) is 9.02. The second-order valence-electron chi connectivity index (χ2n) is 9.02. The minimum Gasteiger partial charge on any atom is -0.479 e. The molecule has 35 heavy (non-hydrogen) atoms. The number of amides is 2. The number of carbonyl (C=O) groups is 3. The van der Waals surface area contributed by atoms with E-state index in [1.54, 1.807) is 0 Å². The molecule has 0 saturated heterocycles. The summed E-state index contributed by atoms with van der Waals surface area (Å²) in [6.07, 6.45) is -0.872. The van der Waals surface area contributed by atoms with Gasteiger partial charge in [0.25, 0.3) is 5.92 Å². The molecule has 3 atom stereocenters. The Balaban J connectivity index is 1.32. The summed E-state index contributed by atoms with van der Waals surface area (Å²) >= 11 is 0. The Kier molecular flexibility index (Phi) is 6.50. The molecule has 10 heteroatoms. The first-order valence-electron chi connectivity index (χ1n) is 11.1. The molecule has 3 N–H and O–H groups in total. The summed E-state index contributed by atoms with van der Waals surface area (Å²) in [4.78, 5) is 36.1. The van der Waals surface area contributed by atoms with Crippen LogP contribution < -0.4 is 10.6 Å². The van der Waals surface area contributed by atoms with Crippen LogP contribution in [0.1, 0.15) is 24.0 Å². The Hall–Kier alpha value is -3.53. The van der Waals surface area contributed by atoms with Gasteiger partial charge < -0.3 is 25.2 Å². The molecular formula is C25H26F2N2O6. The number of carbonyl (C=O) groups excluding carboxylic acids is 2. The first kappa shape index (κ1) is 24.6. The van der Waals surface area contributed by atoms with Crippen LogP contribution in [0.3, 0.4) is 0 Å². The molecule has 2 aromatic rings. The zero-order valence-electron chi connectivity index (χ0n) is 19.2. The van der Waals surface area contributed by atoms with Gasteiger partial charge >= 0.3 is 12.1 Å². The standard InChI is InChI=1S/C25H26F2N2O6/c1-24(13-34-2,22(31)32)29-21(30)20-19(25(20,26)27)11-28-23(33)35-12-18-16-9-5-3-7-14(16)15-8-4-6-10-17(15)18/h3-10,18-20H,11-13H2,1-2H3,(H,28,33)(H,29,30)(H,31,32). The number of ether oxygens (including phenoxy) is 2. The third-order valence-electron chi connectivity index (χ3n) is 6.60. The predicted octanol–water partition coefficient (Wildman–Crippen LogP) is 3.01. The van der Waals surface area contributed by atoms with Crippen molar-refractivity contribution in [3.63, 3.8) is 0 Å². The third-order valence-corrected chi connectivity index (χ3v) is 6.60. The Morgan fingerprint density at radius 1 is 1.06 bits per heavy atom. The van der Waals surface area contributed by atoms with Crippen LogP contribution in [0, 0.1) is 11.8 Å². The number of fused-ring (bicyclic) bond motifs is 3. The average molecular weight is 488 g/mol. The fraction of sp³-hybridized carbons (Fsp3) is 0.400. The number of carboxylic acid groups (broad SMARTS) is 1. The number of rotatable bonds is 9. The lowest BCUT2D eigenvalue weighted by atomic mass is 9.98. The van der Waals surface area contributed by atoms with Gasteiger partial charge in [-0.25, -0.2) is 18.4 Å². The molecule has 2 aromatic carbocycles. The normalized spacial score (nSPS) is 21.3. The zero-order valence-corrected chi connectivity index (χ0v) is 19.2. The molecule has 0 heterocycles. The van der Waals surface area contributed by atoms with Crippen molar-refractivity contribution in [1.82, 2.24) is 10.6 Å². The van der Waals surface area contributed by atoms with Gasteiger partial charge in [0.2, 0.25) is 5.91 Å². The summed E-state index contributed by atoms with van der Waals surface area (Å²) in [5, 5.41) is 13.7. The lowest BCUT2D eigenvalue weighted by molar-refractivity contribution is -0.149. The van der Waals surface area contributed by atoms with Crippen LogP contribution in [-0.2, 0) is 19.1 Å². The van der Waals surface area contributed by atoms with Crippen LogP contribution >= 0.6 is 0 Å². The maximum Gasteiger partial charge on any atom is 0.407 e. The molecule has 2 aliphatic carbocycles. The quantitative estimate of drug-likeness (QED) is 0.500. The second kappa shape index (κ2) is 9.26. The van der Waals surface area contributed by atoms with Crippen molar-refractivity contribution in [2.45, 2.75) is 24.3 Å². The van der Waals surface area contributed by atoms with Gasteiger partial charge in [-0.15, -0.1) is 0 Å². The molecule has 0 radical (unpaired) electrons. The number of alkyl carbamates (subject to hydrolysis) is 1. The number of hydrogen-bond donors (Lipinski definition) is 3. The van der Waals surface area contributed by atoms with E-state index in [1.165, 1.54) is 14.0 Å². The Bertz CT molecular complexity index is 1110. The zero-order chi connectivity index (χ0) is 25.4. The fourth-order valence-electron chi connectivity index (χ4n) is 4.63. The van der Waals surface area contributed by atoms with E-state index in [-0.39, 0.29) is 12.5 Å². The first-order chi connectivity index (χ1) is 16.6. The van der Waals surface area contributed by atoms with E-state index in [0.29, 0.717) is 0 Å². The highest BCUT2D eigenvalue weighted by Gasteiger charge is 2.72. The smallest absolute Gasteiger partial charge is 0.407 e. The number of hydrogen-bond acceptors (Lipinski definition) is 5. The van der Waals surface area contributed by atoms with Crippen LogP contribution in [0.2, 0.25) is 0 Å². The van der Waals surface area contributed by atoms with E-state index in [4.69, 9.17) is 9.47 Å². The van der Waals surface area contributed by atoms with Crippen molar-refractivity contribution >= 4 is 18.0 Å². The molecule has 186 valence electrons. The number of benzene rings is 2. The molecular weight excluding hydrogens is 462 g/mol. The number of aliphatic carboxylic acids is 1. The lowest BCUT2D eigenvalue weighted by Crippen LogP contribution is -2.56. The highest BCUT2D eigenvalue weighted by molar-refractivity contribution is 5.90. The average Bonchev–Trinajstić information content (AvgIpc) is 3.23. The largest absolute Gasteiger partial charge is 0.479 e. The van der Waals surface area contributed by atoms with Gasteiger partial charge in [0.05, 0.1) is 12.5 Å². The maximum atomic E-state index is 14.3. The van der Waals surface area contributed by atoms with Gasteiger partial charge in [-0.1, -0.05) is 48.5 Å². The van der Waals surface area contributed by atoms with E-state index in [2.05, 4.69) is 10.6 Å². The number of nitrogens with one attached hydrogen (secondary N) is 2. The van der Waals surface area contributed by atoms with E-state index in [1.807, 2.05) is 48.5 Å². The summed E-state index contributed by atoms with van der Waals surface area (Å²) < 4.78 is 38.6. The number of halogens is 2. The molecule has 2 amide bonds. The molecule has 1 fully saturated rings. The third kappa shape index (κ3) is 4.58. The van der Waals surface area contributed by atoms with E-state index in [0.717, 1.165) is 22.3 Å². The Labute approximate surface area is 200 Å². The molecule has 0 aliphatic heterocycles. The molecule has 0 bridgehead atoms. The summed E-state index contributed by atoms with van der Waals surface area (Å²) in [6.45, 7) is 0.310. The van der Waals surface area contributed by atoms with E-state index >= 15 is 0 Å². The SMILES string of the molecule is COCC(C)(NC(=O)C1C(CNC(=O)OCC2c3ccccc3-c3ccccc32)C1(F)F)C(=O)O. The first-order valence-corrected chi connectivity index (χ1v) is 11.1. The van der Waals surface area contributed by atoms with Crippen LogP contribution in [0.5, 0.6) is 0 Å². The predicted molar refractivity (Wildman–Crippen MR) is 121 cm³/mol. The monoisotopic (exact) mass is 488 g/mol. The fourth-order valence-corrected chi connectivity index (χ4v) is 4.63. The van der Waals surface area contributed by atoms with E-state index < -0.39 is 54.4 Å². The Morgan fingerprint density at radius 2 is 1.63 bits per heavy atom. The van der Waals surface area contributed by atoms with E-state index in [9.17, 15) is 28.3 Å². The van der Waals surface area contributed by atoms with Gasteiger partial charge in [-0.2, -0.15) is 0 Å². The van der Waals surface area contributed by atoms with Crippen LogP contribution in [0.4, 0.5) is 13.6 Å². The molecule has 2 aliphatic rings. The van der Waals surface area contributed by atoms with Crippen molar-refractivity contribution in [2.24, 2.45) is 11.8 Å². The van der Waals surface area contributed by atoms with Gasteiger partial charge in [-0.05, 0) is 29.2 Å². The highest BCUT2D eigenvalue weighted by atomic mass is 19.3. The molecule has 1 saturated carbocycles. The van der Waals surface area contributed by atoms with Crippen LogP contribution in [-0.4, -0.2) is 61.4 Å². The summed E-state index contributed by atoms with van der Waals surface area (Å²) in [5.74, 6) is -9.31. The van der Waals surface area contributed by atoms with Crippen molar-refractivity contribution in [2.75, 3.05) is 26.9 Å². The molecule has 4 rings (SSSR count). The molecule has 3 unspecified atom stereocenters. The van der Waals surface area contributed by atoms with Crippen molar-refractivity contribution in [3.05, 3.63) is 59.7 Å². The van der Waals surface area contributed by atoms with Crippen molar-refractivity contribution in [3.8, 4) is 11.1 Å². The van der Waals surface area contributed by atoms with Crippen molar-refractivity contribution in [1.29, 1.82) is 0 Å². The van der Waals surface area contributed by atoms with Crippen LogP contribution in [0.15, 0.2) is 48.5 Å². The minimum atomic E-state index is -3.38. The van der Waals surface area contributed by atoms with Gasteiger partial charge in [0, 0.05) is 19.6 Å². The minimum absolute atomic E-state index is 0.0266. The summed E-state index contributed by atoms with van der Waals surface area (Å²) in [6, 6.07) is 15.6. The summed E-state index contributed by atoms with van der Waals surface area (Å²) in [5.41, 5.74) is 2.31.